The number of fused-ring (bicyclic) bond motifs is 1. The zero-order valence-electron chi connectivity index (χ0n) is 15.3. The van der Waals surface area contributed by atoms with Gasteiger partial charge in [0, 0.05) is 13.1 Å². The van der Waals surface area contributed by atoms with Gasteiger partial charge in [0.2, 0.25) is 5.88 Å². The molecule has 2 aliphatic rings. The number of nitrogens with one attached hydrogen (secondary N) is 2. The van der Waals surface area contributed by atoms with Crippen LogP contribution >= 0.6 is 12.2 Å². The number of nitrogens with zero attached hydrogens (tertiary/aromatic N) is 1. The first kappa shape index (κ1) is 18.2. The Bertz CT molecular complexity index is 990. The Morgan fingerprint density at radius 1 is 1.22 bits per heavy atom. The lowest BCUT2D eigenvalue weighted by Gasteiger charge is -2.27. The molecule has 142 valence electrons. The lowest BCUT2D eigenvalue weighted by atomic mass is 9.90. The van der Waals surface area contributed by atoms with Crippen molar-refractivity contribution in [1.29, 1.82) is 0 Å². The first-order valence-corrected chi connectivity index (χ1v) is 10.1. The summed E-state index contributed by atoms with van der Waals surface area (Å²) in [6, 6.07) is 7.75. The third-order valence-corrected chi connectivity index (χ3v) is 5.97. The molecule has 1 aliphatic carbocycles. The minimum atomic E-state index is -0.325. The summed E-state index contributed by atoms with van der Waals surface area (Å²) in [6.07, 6.45) is 8.79. The molecule has 1 aliphatic heterocycles. The molecular formula is C21H25N3O2S. The standard InChI is InChI=1S/C21H25N3O2S/c25-19-17(18-16-9-5-4-8-15(16)10-12-22-18)20(26)24(21(27)23-19)13-11-14-6-2-1-3-7-14/h4-6,8-9,18,22,26H,1-3,7,10-13H2,(H,23,25,27)/t18-/m1/s1. The van der Waals surface area contributed by atoms with E-state index in [1.165, 1.54) is 24.0 Å². The van der Waals surface area contributed by atoms with Gasteiger partial charge in [-0.1, -0.05) is 35.9 Å². The van der Waals surface area contributed by atoms with Crippen molar-refractivity contribution in [2.75, 3.05) is 6.54 Å². The number of rotatable bonds is 4. The quantitative estimate of drug-likeness (QED) is 0.556. The number of aromatic amines is 1. The minimum Gasteiger partial charge on any atom is -0.494 e. The summed E-state index contributed by atoms with van der Waals surface area (Å²) in [5, 5.41) is 14.4. The van der Waals surface area contributed by atoms with Crippen molar-refractivity contribution in [3.8, 4) is 5.88 Å². The highest BCUT2D eigenvalue weighted by Gasteiger charge is 2.27. The van der Waals surface area contributed by atoms with Crippen LogP contribution in [0.4, 0.5) is 0 Å². The van der Waals surface area contributed by atoms with Gasteiger partial charge in [0.15, 0.2) is 4.77 Å². The van der Waals surface area contributed by atoms with Crippen LogP contribution in [0.25, 0.3) is 0 Å². The number of hydrogen-bond donors (Lipinski definition) is 3. The summed E-state index contributed by atoms with van der Waals surface area (Å²) in [4.78, 5) is 15.4. The maximum atomic E-state index is 12.7. The van der Waals surface area contributed by atoms with E-state index >= 15 is 0 Å². The molecule has 0 spiro atoms. The van der Waals surface area contributed by atoms with Crippen molar-refractivity contribution in [3.05, 3.63) is 67.7 Å². The van der Waals surface area contributed by atoms with Crippen LogP contribution in [0.2, 0.25) is 0 Å². The Morgan fingerprint density at radius 3 is 2.89 bits per heavy atom. The monoisotopic (exact) mass is 383 g/mol. The summed E-state index contributed by atoms with van der Waals surface area (Å²) in [7, 11) is 0. The molecule has 0 radical (unpaired) electrons. The maximum absolute atomic E-state index is 12.7. The first-order valence-electron chi connectivity index (χ1n) is 9.70. The average Bonchev–Trinajstić information content (AvgIpc) is 2.68. The van der Waals surface area contributed by atoms with Gasteiger partial charge in [0.1, 0.15) is 0 Å². The predicted octanol–water partition coefficient (Wildman–Crippen LogP) is 3.74. The zero-order valence-corrected chi connectivity index (χ0v) is 16.1. The summed E-state index contributed by atoms with van der Waals surface area (Å²) < 4.78 is 1.95. The van der Waals surface area contributed by atoms with E-state index in [4.69, 9.17) is 12.2 Å². The van der Waals surface area contributed by atoms with Crippen LogP contribution in [0.5, 0.6) is 5.88 Å². The molecule has 1 atom stereocenters. The molecule has 0 unspecified atom stereocenters. The van der Waals surface area contributed by atoms with Gasteiger partial charge in [-0.25, -0.2) is 0 Å². The number of H-pyrrole nitrogens is 1. The lowest BCUT2D eigenvalue weighted by Crippen LogP contribution is -2.35. The molecule has 0 bridgehead atoms. The molecule has 4 rings (SSSR count). The number of aromatic hydroxyl groups is 1. The topological polar surface area (TPSA) is 70.0 Å². The molecule has 5 nitrogen and oxygen atoms in total. The van der Waals surface area contributed by atoms with Gasteiger partial charge >= 0.3 is 0 Å². The van der Waals surface area contributed by atoms with E-state index in [9.17, 15) is 9.90 Å². The van der Waals surface area contributed by atoms with Crippen molar-refractivity contribution >= 4 is 12.2 Å². The lowest BCUT2D eigenvalue weighted by molar-refractivity contribution is 0.385. The predicted molar refractivity (Wildman–Crippen MR) is 109 cm³/mol. The van der Waals surface area contributed by atoms with Gasteiger partial charge in [-0.2, -0.15) is 0 Å². The summed E-state index contributed by atoms with van der Waals surface area (Å²) in [5.74, 6) is -0.0191. The Hall–Kier alpha value is -2.18. The molecular weight excluding hydrogens is 358 g/mol. The third kappa shape index (κ3) is 3.64. The molecule has 2 aromatic rings. The smallest absolute Gasteiger partial charge is 0.260 e. The highest BCUT2D eigenvalue weighted by Crippen LogP contribution is 2.31. The van der Waals surface area contributed by atoms with Crippen molar-refractivity contribution < 1.29 is 5.11 Å². The van der Waals surface area contributed by atoms with E-state index in [-0.39, 0.29) is 22.3 Å². The normalized spacial score (nSPS) is 19.4. The van der Waals surface area contributed by atoms with Gasteiger partial charge in [0.05, 0.1) is 11.6 Å². The van der Waals surface area contributed by atoms with E-state index in [1.54, 1.807) is 4.57 Å². The Morgan fingerprint density at radius 2 is 2.07 bits per heavy atom. The fourth-order valence-electron chi connectivity index (χ4n) is 4.19. The Kier molecular flexibility index (Phi) is 5.27. The fraction of sp³-hybridized carbons (Fsp3) is 0.429. The van der Waals surface area contributed by atoms with Gasteiger partial charge in [-0.05, 0) is 61.9 Å². The SMILES string of the molecule is O=c1[nH]c(=S)n(CCC2=CCCCC2)c(O)c1[C@@H]1NCCc2ccccc21. The van der Waals surface area contributed by atoms with Crippen molar-refractivity contribution in [2.24, 2.45) is 0 Å². The summed E-state index contributed by atoms with van der Waals surface area (Å²) >= 11 is 5.34. The van der Waals surface area contributed by atoms with Crippen LogP contribution in [0.15, 0.2) is 40.7 Å². The highest BCUT2D eigenvalue weighted by molar-refractivity contribution is 7.71. The second-order valence-electron chi connectivity index (χ2n) is 7.34. The highest BCUT2D eigenvalue weighted by atomic mass is 32.1. The van der Waals surface area contributed by atoms with Crippen molar-refractivity contribution in [1.82, 2.24) is 14.9 Å². The van der Waals surface area contributed by atoms with Crippen LogP contribution in [0.1, 0.15) is 54.8 Å². The average molecular weight is 384 g/mol. The van der Waals surface area contributed by atoms with E-state index < -0.39 is 0 Å². The fourth-order valence-corrected chi connectivity index (χ4v) is 4.46. The van der Waals surface area contributed by atoms with Gasteiger partial charge in [-0.3, -0.25) is 14.3 Å². The third-order valence-electron chi connectivity index (χ3n) is 5.65. The Labute approximate surface area is 163 Å². The number of hydrogen-bond acceptors (Lipinski definition) is 4. The molecule has 1 aromatic carbocycles. The van der Waals surface area contributed by atoms with Gasteiger partial charge in [0.25, 0.3) is 5.56 Å². The van der Waals surface area contributed by atoms with Gasteiger partial charge < -0.3 is 10.4 Å². The van der Waals surface area contributed by atoms with Crippen LogP contribution < -0.4 is 10.9 Å². The second-order valence-corrected chi connectivity index (χ2v) is 7.73. The van der Waals surface area contributed by atoms with Crippen LogP contribution in [-0.2, 0) is 13.0 Å². The molecule has 0 saturated carbocycles. The van der Waals surface area contributed by atoms with Crippen LogP contribution in [0.3, 0.4) is 0 Å². The zero-order chi connectivity index (χ0) is 18.8. The number of benzene rings is 1. The number of aromatic nitrogens is 2. The van der Waals surface area contributed by atoms with Crippen molar-refractivity contribution in [3.63, 3.8) is 0 Å². The molecule has 0 amide bonds. The maximum Gasteiger partial charge on any atom is 0.260 e. The molecule has 6 heteroatoms. The number of allylic oxidation sites excluding steroid dienone is 2. The van der Waals surface area contributed by atoms with Crippen LogP contribution in [0, 0.1) is 4.77 Å². The first-order chi connectivity index (χ1) is 13.1. The Balaban J connectivity index is 1.71. The van der Waals surface area contributed by atoms with E-state index in [1.807, 2.05) is 18.2 Å². The molecule has 0 saturated heterocycles. The second kappa shape index (κ2) is 7.82. The molecule has 1 aromatic heterocycles. The molecule has 0 fully saturated rings. The minimum absolute atomic E-state index is 0.0191. The summed E-state index contributed by atoms with van der Waals surface area (Å²) in [6.45, 7) is 1.34. The van der Waals surface area contributed by atoms with Crippen LogP contribution in [-0.4, -0.2) is 21.2 Å². The van der Waals surface area contributed by atoms with E-state index in [0.29, 0.717) is 12.1 Å². The van der Waals surface area contributed by atoms with Crippen molar-refractivity contribution in [2.45, 2.75) is 51.1 Å². The molecule has 3 N–H and O–H groups in total. The molecule has 27 heavy (non-hydrogen) atoms. The van der Waals surface area contributed by atoms with Gasteiger partial charge in [-0.15, -0.1) is 0 Å². The van der Waals surface area contributed by atoms with E-state index in [2.05, 4.69) is 22.4 Å². The largest absolute Gasteiger partial charge is 0.494 e. The summed E-state index contributed by atoms with van der Waals surface area (Å²) in [5.41, 5.74) is 3.70. The molecule has 2 heterocycles. The van der Waals surface area contributed by atoms with E-state index in [0.717, 1.165) is 37.8 Å².